The molecule has 2 N–H and O–H groups in total. The van der Waals surface area contributed by atoms with Crippen LogP contribution in [0.1, 0.15) is 18.4 Å². The lowest BCUT2D eigenvalue weighted by molar-refractivity contribution is -0.131. The minimum Gasteiger partial charge on any atom is -0.454 e. The fourth-order valence-electron chi connectivity index (χ4n) is 3.70. The first-order valence-electron chi connectivity index (χ1n) is 10.2. The molecule has 3 heterocycles. The predicted molar refractivity (Wildman–Crippen MR) is 105 cm³/mol. The van der Waals surface area contributed by atoms with Crippen LogP contribution in [0.15, 0.2) is 18.2 Å². The van der Waals surface area contributed by atoms with Crippen LogP contribution < -0.4 is 20.1 Å². The van der Waals surface area contributed by atoms with Gasteiger partial charge in [-0.2, -0.15) is 0 Å². The Kier molecular flexibility index (Phi) is 6.34. The summed E-state index contributed by atoms with van der Waals surface area (Å²) in [6.45, 7) is 5.02. The summed E-state index contributed by atoms with van der Waals surface area (Å²) in [4.78, 5) is 40.5. The summed E-state index contributed by atoms with van der Waals surface area (Å²) < 4.78 is 15.9. The van der Waals surface area contributed by atoms with Crippen LogP contribution in [0.2, 0.25) is 0 Å². The first-order chi connectivity index (χ1) is 14.6. The van der Waals surface area contributed by atoms with Gasteiger partial charge in [-0.05, 0) is 30.7 Å². The van der Waals surface area contributed by atoms with Crippen LogP contribution in [0.3, 0.4) is 0 Å². The van der Waals surface area contributed by atoms with E-state index < -0.39 is 18.0 Å². The third-order valence-electron chi connectivity index (χ3n) is 5.35. The highest BCUT2D eigenvalue weighted by atomic mass is 16.7. The lowest BCUT2D eigenvalue weighted by Crippen LogP contribution is -2.39. The number of nitrogens with one attached hydrogen (secondary N) is 2. The summed E-state index contributed by atoms with van der Waals surface area (Å²) in [6, 6.07) is 3.94. The third kappa shape index (κ3) is 4.82. The van der Waals surface area contributed by atoms with Gasteiger partial charge in [-0.3, -0.25) is 19.4 Å². The number of hydrogen-bond acceptors (Lipinski definition) is 7. The number of urea groups is 1. The van der Waals surface area contributed by atoms with Crippen molar-refractivity contribution in [2.24, 2.45) is 0 Å². The van der Waals surface area contributed by atoms with Gasteiger partial charge in [-0.25, -0.2) is 4.79 Å². The minimum absolute atomic E-state index is 0.0697. The normalized spacial score (nSPS) is 21.1. The molecule has 0 saturated carbocycles. The largest absolute Gasteiger partial charge is 0.454 e. The zero-order chi connectivity index (χ0) is 20.9. The van der Waals surface area contributed by atoms with Crippen molar-refractivity contribution in [2.75, 3.05) is 46.2 Å². The number of imide groups is 1. The van der Waals surface area contributed by atoms with Gasteiger partial charge in [0.05, 0.1) is 26.2 Å². The van der Waals surface area contributed by atoms with Gasteiger partial charge >= 0.3 is 6.03 Å². The molecule has 0 radical (unpaired) electrons. The summed E-state index contributed by atoms with van der Waals surface area (Å²) >= 11 is 0. The van der Waals surface area contributed by atoms with E-state index in [1.807, 2.05) is 0 Å². The van der Waals surface area contributed by atoms with E-state index in [1.54, 1.807) is 18.2 Å². The minimum atomic E-state index is -0.842. The second kappa shape index (κ2) is 9.31. The lowest BCUT2D eigenvalue weighted by Gasteiger charge is -2.26. The van der Waals surface area contributed by atoms with Gasteiger partial charge in [0.2, 0.25) is 12.7 Å². The molecule has 10 nitrogen and oxygen atoms in total. The maximum absolute atomic E-state index is 12.6. The Hall–Kier alpha value is -2.85. The van der Waals surface area contributed by atoms with Gasteiger partial charge in [0.25, 0.3) is 5.91 Å². The van der Waals surface area contributed by atoms with Crippen LogP contribution in [0, 0.1) is 0 Å². The Bertz CT molecular complexity index is 810. The molecule has 2 fully saturated rings. The summed E-state index contributed by atoms with van der Waals surface area (Å²) in [5.41, 5.74) is 0.746. The Labute approximate surface area is 174 Å². The highest BCUT2D eigenvalue weighted by Crippen LogP contribution is 2.33. The van der Waals surface area contributed by atoms with Crippen LogP contribution in [0.4, 0.5) is 4.79 Å². The first kappa shape index (κ1) is 20.4. The van der Waals surface area contributed by atoms with E-state index in [-0.39, 0.29) is 25.7 Å². The fraction of sp³-hybridized carbons (Fsp3) is 0.550. The number of ether oxygens (including phenoxy) is 3. The fourth-order valence-corrected chi connectivity index (χ4v) is 3.70. The van der Waals surface area contributed by atoms with Gasteiger partial charge in [0.1, 0.15) is 6.04 Å². The smallest absolute Gasteiger partial charge is 0.325 e. The molecule has 4 rings (SSSR count). The van der Waals surface area contributed by atoms with Gasteiger partial charge in [-0.15, -0.1) is 0 Å². The van der Waals surface area contributed by atoms with E-state index in [4.69, 9.17) is 14.2 Å². The maximum Gasteiger partial charge on any atom is 0.325 e. The number of carbonyl (C=O) groups is 3. The van der Waals surface area contributed by atoms with Crippen LogP contribution in [-0.2, 0) is 20.9 Å². The molecule has 2 saturated heterocycles. The van der Waals surface area contributed by atoms with Crippen molar-refractivity contribution in [1.29, 1.82) is 0 Å². The zero-order valence-corrected chi connectivity index (χ0v) is 16.7. The topological polar surface area (TPSA) is 109 Å². The molecule has 4 amide bonds. The van der Waals surface area contributed by atoms with E-state index in [9.17, 15) is 14.4 Å². The maximum atomic E-state index is 12.6. The quantitative estimate of drug-likeness (QED) is 0.454. The Morgan fingerprint density at radius 1 is 1.17 bits per heavy atom. The van der Waals surface area contributed by atoms with E-state index in [0.717, 1.165) is 49.7 Å². The number of carbonyl (C=O) groups excluding carboxylic acids is 3. The van der Waals surface area contributed by atoms with Crippen molar-refractivity contribution in [1.82, 2.24) is 20.4 Å². The number of nitrogens with zero attached hydrogens (tertiary/aromatic N) is 2. The van der Waals surface area contributed by atoms with Gasteiger partial charge in [0.15, 0.2) is 11.5 Å². The second-order valence-corrected chi connectivity index (χ2v) is 7.48. The molecule has 30 heavy (non-hydrogen) atoms. The average molecular weight is 418 g/mol. The number of hydrogen-bond donors (Lipinski definition) is 2. The van der Waals surface area contributed by atoms with Crippen molar-refractivity contribution in [2.45, 2.75) is 25.4 Å². The lowest BCUT2D eigenvalue weighted by atomic mass is 10.1. The van der Waals surface area contributed by atoms with Gasteiger partial charge in [-0.1, -0.05) is 6.07 Å². The van der Waals surface area contributed by atoms with Crippen molar-refractivity contribution in [3.05, 3.63) is 23.8 Å². The number of fused-ring (bicyclic) bond motifs is 1. The summed E-state index contributed by atoms with van der Waals surface area (Å²) in [5, 5.41) is 5.43. The third-order valence-corrected chi connectivity index (χ3v) is 5.35. The molecule has 0 aromatic heterocycles. The highest BCUT2D eigenvalue weighted by Gasteiger charge is 2.39. The highest BCUT2D eigenvalue weighted by molar-refractivity contribution is 6.05. The number of benzene rings is 1. The molecule has 0 unspecified atom stereocenters. The van der Waals surface area contributed by atoms with Crippen molar-refractivity contribution >= 4 is 17.8 Å². The molecule has 1 aromatic rings. The number of morpholine rings is 1. The van der Waals surface area contributed by atoms with Crippen molar-refractivity contribution in [3.8, 4) is 11.5 Å². The van der Waals surface area contributed by atoms with E-state index in [2.05, 4.69) is 15.5 Å². The molecule has 3 aliphatic heterocycles. The Balaban J connectivity index is 1.22. The molecule has 10 heteroatoms. The van der Waals surface area contributed by atoms with Crippen molar-refractivity contribution in [3.63, 3.8) is 0 Å². The van der Waals surface area contributed by atoms with E-state index in [1.165, 1.54) is 0 Å². The Morgan fingerprint density at radius 2 is 1.97 bits per heavy atom. The molecule has 0 bridgehead atoms. The molecule has 162 valence electrons. The summed E-state index contributed by atoms with van der Waals surface area (Å²) in [7, 11) is 0. The average Bonchev–Trinajstić information content (AvgIpc) is 3.32. The first-order valence-corrected chi connectivity index (χ1v) is 10.2. The second-order valence-electron chi connectivity index (χ2n) is 7.48. The predicted octanol–water partition coefficient (Wildman–Crippen LogP) is 0.0643. The standard InChI is InChI=1S/C20H26N4O6/c25-18(21-4-1-5-23-6-8-28-9-7-23)11-15-19(26)24(20(27)22-15)12-14-2-3-16-17(10-14)30-13-29-16/h2-3,10,15H,1,4-9,11-13H2,(H,21,25)(H,22,27)/t15-/m0/s1. The molecular formula is C20H26N4O6. The van der Waals surface area contributed by atoms with E-state index >= 15 is 0 Å². The van der Waals surface area contributed by atoms with E-state index in [0.29, 0.717) is 18.0 Å². The number of rotatable bonds is 8. The monoisotopic (exact) mass is 418 g/mol. The summed E-state index contributed by atoms with van der Waals surface area (Å²) in [5.74, 6) is 0.577. The Morgan fingerprint density at radius 3 is 2.80 bits per heavy atom. The number of amides is 4. The molecule has 0 spiro atoms. The van der Waals surface area contributed by atoms with Crippen LogP contribution in [0.5, 0.6) is 11.5 Å². The van der Waals surface area contributed by atoms with Crippen LogP contribution in [0.25, 0.3) is 0 Å². The molecule has 0 aliphatic carbocycles. The molecular weight excluding hydrogens is 392 g/mol. The summed E-state index contributed by atoms with van der Waals surface area (Å²) in [6.07, 6.45) is 0.757. The van der Waals surface area contributed by atoms with Gasteiger partial charge < -0.3 is 24.8 Å². The molecule has 1 aromatic carbocycles. The molecule has 3 aliphatic rings. The zero-order valence-electron chi connectivity index (χ0n) is 16.7. The van der Waals surface area contributed by atoms with Crippen LogP contribution >= 0.6 is 0 Å². The SMILES string of the molecule is O=C(C[C@@H]1NC(=O)N(Cc2ccc3c(c2)OCO3)C1=O)NCCCN1CCOCC1. The van der Waals surface area contributed by atoms with Crippen LogP contribution in [-0.4, -0.2) is 79.9 Å². The molecule has 1 atom stereocenters. The van der Waals surface area contributed by atoms with Gasteiger partial charge in [0, 0.05) is 19.6 Å². The van der Waals surface area contributed by atoms with Crippen molar-refractivity contribution < 1.29 is 28.6 Å².